The number of hydrogen-bond donors (Lipinski definition) is 2. The van der Waals surface area contributed by atoms with Crippen molar-refractivity contribution in [3.05, 3.63) is 54.1 Å². The normalized spacial score (nSPS) is 17.1. The van der Waals surface area contributed by atoms with Gasteiger partial charge in [-0.3, -0.25) is 4.72 Å². The van der Waals surface area contributed by atoms with Crippen molar-refractivity contribution in [3.8, 4) is 0 Å². The Morgan fingerprint density at radius 2 is 1.84 bits per heavy atom. The Bertz CT molecular complexity index is 971. The van der Waals surface area contributed by atoms with Gasteiger partial charge in [-0.25, -0.2) is 8.42 Å². The van der Waals surface area contributed by atoms with Crippen molar-refractivity contribution in [1.82, 2.24) is 5.32 Å². The molecule has 1 fully saturated rings. The van der Waals surface area contributed by atoms with E-state index in [1.807, 2.05) is 18.2 Å². The maximum Gasteiger partial charge on any atom is 0.232 e. The number of sulfonamides is 1. The summed E-state index contributed by atoms with van der Waals surface area (Å²) in [6.07, 6.45) is 4.55. The van der Waals surface area contributed by atoms with Gasteiger partial charge in [-0.1, -0.05) is 24.3 Å². The van der Waals surface area contributed by atoms with Crippen LogP contribution in [0, 0.1) is 0 Å². The van der Waals surface area contributed by atoms with E-state index in [4.69, 9.17) is 0 Å². The molecule has 1 saturated heterocycles. The van der Waals surface area contributed by atoms with E-state index >= 15 is 0 Å². The van der Waals surface area contributed by atoms with Crippen molar-refractivity contribution in [1.29, 1.82) is 0 Å². The number of nitrogens with one attached hydrogen (secondary N) is 2. The van der Waals surface area contributed by atoms with Crippen molar-refractivity contribution in [2.45, 2.75) is 38.6 Å². The highest BCUT2D eigenvalue weighted by atomic mass is 32.2. The Morgan fingerprint density at radius 3 is 2.65 bits per heavy atom. The highest BCUT2D eigenvalue weighted by molar-refractivity contribution is 7.92. The van der Waals surface area contributed by atoms with E-state index in [1.165, 1.54) is 17.7 Å². The second-order valence-corrected chi connectivity index (χ2v) is 10.5. The predicted molar refractivity (Wildman–Crippen MR) is 130 cm³/mol. The third-order valence-electron chi connectivity index (χ3n) is 6.38. The summed E-state index contributed by atoms with van der Waals surface area (Å²) < 4.78 is 26.3. The van der Waals surface area contributed by atoms with Crippen molar-refractivity contribution < 1.29 is 8.42 Å². The van der Waals surface area contributed by atoms with Crippen molar-refractivity contribution >= 4 is 27.1 Å². The minimum Gasteiger partial charge on any atom is -0.371 e. The summed E-state index contributed by atoms with van der Waals surface area (Å²) in [4.78, 5) is 4.86. The van der Waals surface area contributed by atoms with Crippen LogP contribution in [0.15, 0.2) is 48.5 Å². The Hall–Kier alpha value is -2.25. The average Bonchev–Trinajstić information content (AvgIpc) is 3.20. The van der Waals surface area contributed by atoms with Gasteiger partial charge in [-0.2, -0.15) is 0 Å². The van der Waals surface area contributed by atoms with Gasteiger partial charge in [0.25, 0.3) is 0 Å². The van der Waals surface area contributed by atoms with Gasteiger partial charge in [0, 0.05) is 43.6 Å². The Morgan fingerprint density at radius 1 is 1.03 bits per heavy atom. The van der Waals surface area contributed by atoms with E-state index in [9.17, 15) is 8.42 Å². The first kappa shape index (κ1) is 22.0. The van der Waals surface area contributed by atoms with E-state index in [0.717, 1.165) is 57.7 Å². The molecule has 2 aromatic rings. The molecule has 2 aliphatic heterocycles. The molecule has 31 heavy (non-hydrogen) atoms. The predicted octanol–water partition coefficient (Wildman–Crippen LogP) is 3.46. The topological polar surface area (TPSA) is 64.7 Å². The average molecular weight is 443 g/mol. The molecule has 0 radical (unpaired) electrons. The summed E-state index contributed by atoms with van der Waals surface area (Å²) in [7, 11) is -3.25. The minimum atomic E-state index is -3.25. The Labute approximate surface area is 186 Å². The smallest absolute Gasteiger partial charge is 0.232 e. The molecule has 2 aromatic carbocycles. The minimum absolute atomic E-state index is 0.0819. The molecule has 6 nitrogen and oxygen atoms in total. The van der Waals surface area contributed by atoms with E-state index in [2.05, 4.69) is 50.2 Å². The fourth-order valence-corrected chi connectivity index (χ4v) is 5.21. The maximum absolute atomic E-state index is 11.8. The number of hydrogen-bond acceptors (Lipinski definition) is 5. The molecule has 0 amide bonds. The summed E-state index contributed by atoms with van der Waals surface area (Å²) in [6, 6.07) is 17.1. The zero-order valence-electron chi connectivity index (χ0n) is 18.4. The molecule has 168 valence electrons. The van der Waals surface area contributed by atoms with Gasteiger partial charge >= 0.3 is 0 Å². The van der Waals surface area contributed by atoms with Crippen LogP contribution in [0.25, 0.3) is 0 Å². The first-order chi connectivity index (χ1) is 15.0. The van der Waals surface area contributed by atoms with E-state index < -0.39 is 10.0 Å². The highest BCUT2D eigenvalue weighted by Gasteiger charge is 2.20. The summed E-state index contributed by atoms with van der Waals surface area (Å²) in [6.45, 7) is 6.93. The van der Waals surface area contributed by atoms with Gasteiger partial charge in [-0.15, -0.1) is 0 Å². The second kappa shape index (κ2) is 9.92. The number of rotatable bonds is 9. The lowest BCUT2D eigenvalue weighted by atomic mass is 10.0. The zero-order chi connectivity index (χ0) is 21.7. The molecule has 4 rings (SSSR count). The molecule has 7 heteroatoms. The number of fused-ring (bicyclic) bond motifs is 1. The Kier molecular flexibility index (Phi) is 7.02. The SMILES string of the molecule is CCS(=O)(=O)Nc1cccc(N2CCC(NCCCN3CCc4ccccc43)CC2)c1. The lowest BCUT2D eigenvalue weighted by molar-refractivity contribution is 0.413. The third-order valence-corrected chi connectivity index (χ3v) is 7.69. The van der Waals surface area contributed by atoms with Crippen LogP contribution in [0.1, 0.15) is 31.7 Å². The standard InChI is InChI=1S/C24H34N4O2S/c1-2-31(29,30)26-22-8-5-9-23(19-22)27-17-12-21(13-18-27)25-14-6-15-28-16-11-20-7-3-4-10-24(20)28/h3-5,7-10,19,21,25-26H,2,6,11-18H2,1H3. The first-order valence-electron chi connectivity index (χ1n) is 11.5. The number of benzene rings is 2. The van der Waals surface area contributed by atoms with Crippen molar-refractivity contribution in [2.24, 2.45) is 0 Å². The molecular weight excluding hydrogens is 408 g/mol. The van der Waals surface area contributed by atoms with Gasteiger partial charge in [0.15, 0.2) is 0 Å². The van der Waals surface area contributed by atoms with Crippen LogP contribution in [0.3, 0.4) is 0 Å². The number of anilines is 3. The summed E-state index contributed by atoms with van der Waals surface area (Å²) in [5.41, 5.74) is 4.62. The summed E-state index contributed by atoms with van der Waals surface area (Å²) in [5.74, 6) is 0.0819. The number of nitrogens with zero attached hydrogens (tertiary/aromatic N) is 2. The first-order valence-corrected chi connectivity index (χ1v) is 13.1. The van der Waals surface area contributed by atoms with E-state index in [0.29, 0.717) is 11.7 Å². The highest BCUT2D eigenvalue weighted by Crippen LogP contribution is 2.27. The van der Waals surface area contributed by atoms with Gasteiger partial charge in [0.2, 0.25) is 10.0 Å². The number of para-hydroxylation sites is 1. The van der Waals surface area contributed by atoms with Crippen LogP contribution >= 0.6 is 0 Å². The molecule has 0 unspecified atom stereocenters. The largest absolute Gasteiger partial charge is 0.371 e. The van der Waals surface area contributed by atoms with Crippen LogP contribution < -0.4 is 19.8 Å². The van der Waals surface area contributed by atoms with Crippen LogP contribution in [-0.2, 0) is 16.4 Å². The molecule has 0 aliphatic carbocycles. The van der Waals surface area contributed by atoms with E-state index in [-0.39, 0.29) is 5.75 Å². The van der Waals surface area contributed by atoms with Crippen LogP contribution in [0.4, 0.5) is 17.1 Å². The molecule has 2 aliphatic rings. The Balaban J connectivity index is 1.19. The zero-order valence-corrected chi connectivity index (χ0v) is 19.2. The van der Waals surface area contributed by atoms with Crippen LogP contribution in [-0.4, -0.2) is 52.9 Å². The van der Waals surface area contributed by atoms with Crippen molar-refractivity contribution in [3.63, 3.8) is 0 Å². The van der Waals surface area contributed by atoms with Gasteiger partial charge in [-0.05, 0) is 69.0 Å². The fourth-order valence-electron chi connectivity index (χ4n) is 4.57. The third kappa shape index (κ3) is 5.71. The van der Waals surface area contributed by atoms with Crippen molar-refractivity contribution in [2.75, 3.05) is 53.0 Å². The quantitative estimate of drug-likeness (QED) is 0.583. The number of piperidine rings is 1. The van der Waals surface area contributed by atoms with Crippen LogP contribution in [0.2, 0.25) is 0 Å². The summed E-state index contributed by atoms with van der Waals surface area (Å²) in [5, 5.41) is 3.75. The maximum atomic E-state index is 11.8. The monoisotopic (exact) mass is 442 g/mol. The molecular formula is C24H34N4O2S. The lowest BCUT2D eigenvalue weighted by Gasteiger charge is -2.34. The molecule has 0 bridgehead atoms. The molecule has 2 N–H and O–H groups in total. The van der Waals surface area contributed by atoms with E-state index in [1.54, 1.807) is 6.92 Å². The fraction of sp³-hybridized carbons (Fsp3) is 0.500. The molecule has 0 spiro atoms. The molecule has 2 heterocycles. The van der Waals surface area contributed by atoms with Gasteiger partial charge in [0.1, 0.15) is 0 Å². The molecule has 0 aromatic heterocycles. The summed E-state index contributed by atoms with van der Waals surface area (Å²) >= 11 is 0. The lowest BCUT2D eigenvalue weighted by Crippen LogP contribution is -2.43. The molecule has 0 saturated carbocycles. The van der Waals surface area contributed by atoms with Gasteiger partial charge < -0.3 is 15.1 Å². The molecule has 0 atom stereocenters. The van der Waals surface area contributed by atoms with Gasteiger partial charge in [0.05, 0.1) is 11.4 Å². The second-order valence-electron chi connectivity index (χ2n) is 8.49. The van der Waals surface area contributed by atoms with Crippen LogP contribution in [0.5, 0.6) is 0 Å².